The van der Waals surface area contributed by atoms with Gasteiger partial charge in [0.05, 0.1) is 6.10 Å². The number of hydrogen-bond acceptors (Lipinski definition) is 1. The lowest BCUT2D eigenvalue weighted by Crippen LogP contribution is -1.99. The molecule has 1 unspecified atom stereocenters. The summed E-state index contributed by atoms with van der Waals surface area (Å²) in [6.45, 7) is 1.86. The Labute approximate surface area is 74.8 Å². The van der Waals surface area contributed by atoms with Gasteiger partial charge >= 0.3 is 0 Å². The molecule has 0 radical (unpaired) electrons. The summed E-state index contributed by atoms with van der Waals surface area (Å²) < 4.78 is 0. The van der Waals surface area contributed by atoms with Crippen LogP contribution in [-0.4, -0.2) is 11.2 Å². The Bertz CT molecular complexity index is 177. The van der Waals surface area contributed by atoms with E-state index in [9.17, 15) is 0 Å². The standard InChI is InChI=1S/C11H18O/c1-10(12)6-5-9-11-7-3-2-4-8-11/h2-3,8,10,12H,4-7,9H2,1H3. The normalized spacial score (nSPS) is 19.0. The van der Waals surface area contributed by atoms with Crippen molar-refractivity contribution in [2.75, 3.05) is 0 Å². The van der Waals surface area contributed by atoms with E-state index in [2.05, 4.69) is 18.2 Å². The Morgan fingerprint density at radius 1 is 1.50 bits per heavy atom. The molecule has 0 saturated heterocycles. The highest BCUT2D eigenvalue weighted by atomic mass is 16.3. The fourth-order valence-electron chi connectivity index (χ4n) is 1.48. The molecule has 1 rings (SSSR count). The zero-order chi connectivity index (χ0) is 8.81. The molecule has 0 aliphatic heterocycles. The predicted molar refractivity (Wildman–Crippen MR) is 52.0 cm³/mol. The molecule has 0 fully saturated rings. The molecule has 0 aromatic heterocycles. The quantitative estimate of drug-likeness (QED) is 0.637. The number of hydrogen-bond donors (Lipinski definition) is 1. The Kier molecular flexibility index (Phi) is 4.09. The lowest BCUT2D eigenvalue weighted by Gasteiger charge is -2.08. The van der Waals surface area contributed by atoms with Gasteiger partial charge in [-0.25, -0.2) is 0 Å². The number of rotatable bonds is 4. The SMILES string of the molecule is CC(O)CCCC1=CCC=CC1. The lowest BCUT2D eigenvalue weighted by molar-refractivity contribution is 0.181. The highest BCUT2D eigenvalue weighted by Gasteiger charge is 2.00. The van der Waals surface area contributed by atoms with Gasteiger partial charge in [-0.3, -0.25) is 0 Å². The fraction of sp³-hybridized carbons (Fsp3) is 0.636. The van der Waals surface area contributed by atoms with Gasteiger partial charge in [-0.1, -0.05) is 23.8 Å². The first-order valence-corrected chi connectivity index (χ1v) is 4.80. The lowest BCUT2D eigenvalue weighted by atomic mass is 9.99. The minimum absolute atomic E-state index is 0.135. The van der Waals surface area contributed by atoms with Crippen molar-refractivity contribution >= 4 is 0 Å². The van der Waals surface area contributed by atoms with Crippen LogP contribution in [0.3, 0.4) is 0 Å². The third-order valence-electron chi connectivity index (χ3n) is 2.21. The number of aliphatic hydroxyl groups is 1. The Balaban J connectivity index is 2.10. The molecule has 0 amide bonds. The molecule has 1 heteroatoms. The van der Waals surface area contributed by atoms with Crippen molar-refractivity contribution in [2.24, 2.45) is 0 Å². The van der Waals surface area contributed by atoms with E-state index in [0.717, 1.165) is 32.1 Å². The van der Waals surface area contributed by atoms with Crippen LogP contribution in [0, 0.1) is 0 Å². The molecule has 0 heterocycles. The topological polar surface area (TPSA) is 20.2 Å². The summed E-state index contributed by atoms with van der Waals surface area (Å²) in [6.07, 6.45) is 12.1. The number of aliphatic hydroxyl groups excluding tert-OH is 1. The molecule has 68 valence electrons. The summed E-state index contributed by atoms with van der Waals surface area (Å²) in [5.74, 6) is 0. The van der Waals surface area contributed by atoms with Gasteiger partial charge in [0, 0.05) is 0 Å². The van der Waals surface area contributed by atoms with Gasteiger partial charge in [0.25, 0.3) is 0 Å². The fourth-order valence-corrected chi connectivity index (χ4v) is 1.48. The molecule has 0 aromatic rings. The van der Waals surface area contributed by atoms with Crippen molar-refractivity contribution in [1.82, 2.24) is 0 Å². The van der Waals surface area contributed by atoms with Crippen LogP contribution in [0.15, 0.2) is 23.8 Å². The van der Waals surface area contributed by atoms with Crippen LogP contribution < -0.4 is 0 Å². The van der Waals surface area contributed by atoms with Crippen molar-refractivity contribution in [3.8, 4) is 0 Å². The smallest absolute Gasteiger partial charge is 0.0512 e. The first-order valence-electron chi connectivity index (χ1n) is 4.80. The Hall–Kier alpha value is -0.560. The summed E-state index contributed by atoms with van der Waals surface area (Å²) in [7, 11) is 0. The van der Waals surface area contributed by atoms with Gasteiger partial charge in [0.2, 0.25) is 0 Å². The first-order chi connectivity index (χ1) is 5.79. The van der Waals surface area contributed by atoms with Gasteiger partial charge in [-0.15, -0.1) is 0 Å². The maximum Gasteiger partial charge on any atom is 0.0512 e. The third kappa shape index (κ3) is 3.72. The van der Waals surface area contributed by atoms with Gasteiger partial charge in [0.1, 0.15) is 0 Å². The second-order valence-electron chi connectivity index (χ2n) is 3.51. The highest BCUT2D eigenvalue weighted by Crippen LogP contribution is 2.17. The van der Waals surface area contributed by atoms with E-state index in [0.29, 0.717) is 0 Å². The molecule has 12 heavy (non-hydrogen) atoms. The second kappa shape index (κ2) is 5.15. The molecule has 0 saturated carbocycles. The molecule has 0 spiro atoms. The van der Waals surface area contributed by atoms with Crippen LogP contribution in [0.4, 0.5) is 0 Å². The van der Waals surface area contributed by atoms with Crippen LogP contribution in [0.2, 0.25) is 0 Å². The van der Waals surface area contributed by atoms with E-state index in [1.165, 1.54) is 5.57 Å². The minimum Gasteiger partial charge on any atom is -0.393 e. The van der Waals surface area contributed by atoms with Crippen molar-refractivity contribution in [3.63, 3.8) is 0 Å². The number of allylic oxidation sites excluding steroid dienone is 4. The van der Waals surface area contributed by atoms with E-state index in [1.54, 1.807) is 0 Å². The summed E-state index contributed by atoms with van der Waals surface area (Å²) in [5.41, 5.74) is 1.54. The highest BCUT2D eigenvalue weighted by molar-refractivity contribution is 5.14. The van der Waals surface area contributed by atoms with E-state index in [4.69, 9.17) is 5.11 Å². The van der Waals surface area contributed by atoms with Crippen LogP contribution in [0.5, 0.6) is 0 Å². The molecular formula is C11H18O. The molecule has 1 atom stereocenters. The van der Waals surface area contributed by atoms with E-state index in [1.807, 2.05) is 6.92 Å². The average molecular weight is 166 g/mol. The molecule has 0 bridgehead atoms. The van der Waals surface area contributed by atoms with Crippen molar-refractivity contribution in [1.29, 1.82) is 0 Å². The van der Waals surface area contributed by atoms with Gasteiger partial charge in [0.15, 0.2) is 0 Å². The molecular weight excluding hydrogens is 148 g/mol. The molecule has 1 N–H and O–H groups in total. The summed E-state index contributed by atoms with van der Waals surface area (Å²) in [4.78, 5) is 0. The maximum absolute atomic E-state index is 9.05. The maximum atomic E-state index is 9.05. The summed E-state index contributed by atoms with van der Waals surface area (Å²) in [6, 6.07) is 0. The van der Waals surface area contributed by atoms with E-state index in [-0.39, 0.29) is 6.10 Å². The first kappa shape index (κ1) is 9.53. The summed E-state index contributed by atoms with van der Waals surface area (Å²) in [5, 5.41) is 9.05. The average Bonchev–Trinajstić information content (AvgIpc) is 2.05. The molecule has 1 aliphatic carbocycles. The van der Waals surface area contributed by atoms with Crippen LogP contribution in [0.25, 0.3) is 0 Å². The molecule has 1 nitrogen and oxygen atoms in total. The minimum atomic E-state index is -0.135. The van der Waals surface area contributed by atoms with Crippen molar-refractivity contribution in [3.05, 3.63) is 23.8 Å². The second-order valence-corrected chi connectivity index (χ2v) is 3.51. The Morgan fingerprint density at radius 2 is 2.33 bits per heavy atom. The summed E-state index contributed by atoms with van der Waals surface area (Å²) >= 11 is 0. The molecule has 0 aromatic carbocycles. The van der Waals surface area contributed by atoms with Crippen LogP contribution in [-0.2, 0) is 0 Å². The van der Waals surface area contributed by atoms with Crippen LogP contribution in [0.1, 0.15) is 39.0 Å². The predicted octanol–water partition coefficient (Wildman–Crippen LogP) is 2.81. The zero-order valence-electron chi connectivity index (χ0n) is 7.79. The van der Waals surface area contributed by atoms with Crippen molar-refractivity contribution < 1.29 is 5.11 Å². The van der Waals surface area contributed by atoms with E-state index >= 15 is 0 Å². The van der Waals surface area contributed by atoms with Gasteiger partial charge in [-0.05, 0) is 39.0 Å². The monoisotopic (exact) mass is 166 g/mol. The van der Waals surface area contributed by atoms with Gasteiger partial charge < -0.3 is 5.11 Å². The largest absolute Gasteiger partial charge is 0.393 e. The Morgan fingerprint density at radius 3 is 2.92 bits per heavy atom. The van der Waals surface area contributed by atoms with Crippen LogP contribution >= 0.6 is 0 Å². The molecule has 1 aliphatic rings. The van der Waals surface area contributed by atoms with E-state index < -0.39 is 0 Å². The third-order valence-corrected chi connectivity index (χ3v) is 2.21. The van der Waals surface area contributed by atoms with Crippen molar-refractivity contribution in [2.45, 2.75) is 45.1 Å². The van der Waals surface area contributed by atoms with Gasteiger partial charge in [-0.2, -0.15) is 0 Å². The zero-order valence-corrected chi connectivity index (χ0v) is 7.79.